The third-order valence-electron chi connectivity index (χ3n) is 4.27. The second-order valence-electron chi connectivity index (χ2n) is 6.17. The summed E-state index contributed by atoms with van der Waals surface area (Å²) in [4.78, 5) is 15.4. The number of ether oxygens (including phenoxy) is 1. The zero-order valence-electron chi connectivity index (χ0n) is 14.2. The van der Waals surface area contributed by atoms with Crippen molar-refractivity contribution in [2.24, 2.45) is 0 Å². The third-order valence-corrected chi connectivity index (χ3v) is 4.27. The highest BCUT2D eigenvalue weighted by molar-refractivity contribution is 6.42. The fourth-order valence-corrected chi connectivity index (χ4v) is 2.67. The van der Waals surface area contributed by atoms with Gasteiger partial charge in [-0.3, -0.25) is 15.2 Å². The largest absolute Gasteiger partial charge is 0.494 e. The second-order valence-corrected chi connectivity index (χ2v) is 6.17. The van der Waals surface area contributed by atoms with Gasteiger partial charge in [0.2, 0.25) is 0 Å². The maximum absolute atomic E-state index is 11.1. The Balaban J connectivity index is 2.13. The predicted molar refractivity (Wildman–Crippen MR) is 99.3 cm³/mol. The molecule has 0 aliphatic heterocycles. The van der Waals surface area contributed by atoms with Crippen molar-refractivity contribution in [2.45, 2.75) is 5.21 Å². The van der Waals surface area contributed by atoms with E-state index in [2.05, 4.69) is 10.2 Å². The Morgan fingerprint density at radius 2 is 2.08 bits per heavy atom. The number of hydrogen-bond donors (Lipinski definition) is 1. The number of nitro benzene ring substituents is 1. The number of pyridine rings is 1. The fourth-order valence-electron chi connectivity index (χ4n) is 2.67. The monoisotopic (exact) mass is 334 g/mol. The molecule has 0 saturated heterocycles. The van der Waals surface area contributed by atoms with E-state index in [-0.39, 0.29) is 10.9 Å². The molecule has 0 aliphatic carbocycles. The average molecular weight is 334 g/mol. The molecule has 0 saturated carbocycles. The number of benzene rings is 1. The van der Waals surface area contributed by atoms with Crippen LogP contribution in [0.3, 0.4) is 0 Å². The number of aromatic amines is 1. The minimum absolute atomic E-state index is 0.0147. The summed E-state index contributed by atoms with van der Waals surface area (Å²) in [5.74, 6) is 0.562. The average Bonchev–Trinajstić information content (AvgIpc) is 3.16. The SMILES string of the molecule is BC(B)(c1cn[nH]c1)c1ccc(OC)c(-c2cccc([N+](=O)[O-])c2)n1. The number of aromatic nitrogens is 3. The van der Waals surface area contributed by atoms with Crippen molar-refractivity contribution in [2.75, 3.05) is 7.11 Å². The van der Waals surface area contributed by atoms with Crippen molar-refractivity contribution in [3.05, 3.63) is 70.2 Å². The van der Waals surface area contributed by atoms with E-state index in [0.29, 0.717) is 17.0 Å². The lowest BCUT2D eigenvalue weighted by atomic mass is 9.50. The molecule has 2 aromatic heterocycles. The highest BCUT2D eigenvalue weighted by Crippen LogP contribution is 2.33. The molecule has 0 radical (unpaired) electrons. The summed E-state index contributed by atoms with van der Waals surface area (Å²) < 4.78 is 5.41. The first-order chi connectivity index (χ1) is 11.9. The Hall–Kier alpha value is -3.09. The van der Waals surface area contributed by atoms with Crippen molar-refractivity contribution in [1.29, 1.82) is 0 Å². The molecule has 0 spiro atoms. The van der Waals surface area contributed by atoms with Crippen LogP contribution in [0.15, 0.2) is 48.8 Å². The number of nitrogens with one attached hydrogen (secondary N) is 1. The minimum Gasteiger partial charge on any atom is -0.494 e. The van der Waals surface area contributed by atoms with Crippen molar-refractivity contribution < 1.29 is 9.66 Å². The number of methoxy groups -OCH3 is 1. The molecule has 9 heteroatoms. The Morgan fingerprint density at radius 3 is 2.72 bits per heavy atom. The number of nitrogens with zero attached hydrogens (tertiary/aromatic N) is 3. The van der Waals surface area contributed by atoms with Crippen LogP contribution in [0.25, 0.3) is 11.3 Å². The summed E-state index contributed by atoms with van der Waals surface area (Å²) in [7, 11) is 5.65. The second kappa shape index (κ2) is 6.43. The molecule has 7 nitrogen and oxygen atoms in total. The molecule has 1 N–H and O–H groups in total. The molecule has 1 aromatic carbocycles. The number of H-pyrrole nitrogens is 1. The Labute approximate surface area is 146 Å². The maximum atomic E-state index is 11.1. The van der Waals surface area contributed by atoms with Gasteiger partial charge in [-0.2, -0.15) is 5.10 Å². The molecule has 25 heavy (non-hydrogen) atoms. The highest BCUT2D eigenvalue weighted by Gasteiger charge is 2.27. The lowest BCUT2D eigenvalue weighted by molar-refractivity contribution is -0.384. The molecule has 3 rings (SSSR count). The molecule has 3 aromatic rings. The van der Waals surface area contributed by atoms with Gasteiger partial charge in [-0.1, -0.05) is 12.1 Å². The zero-order chi connectivity index (χ0) is 18.0. The lowest BCUT2D eigenvalue weighted by Gasteiger charge is -2.24. The molecule has 2 heterocycles. The lowest BCUT2D eigenvalue weighted by Crippen LogP contribution is -2.29. The fraction of sp³-hybridized carbons (Fsp3) is 0.125. The van der Waals surface area contributed by atoms with Crippen LogP contribution >= 0.6 is 0 Å². The molecular formula is C16H16B2N4O3. The first-order valence-electron chi connectivity index (χ1n) is 7.73. The molecule has 0 aliphatic rings. The van der Waals surface area contributed by atoms with E-state index in [4.69, 9.17) is 9.72 Å². The van der Waals surface area contributed by atoms with E-state index >= 15 is 0 Å². The summed E-state index contributed by atoms with van der Waals surface area (Å²) in [6, 6.07) is 10.1. The van der Waals surface area contributed by atoms with Gasteiger partial charge in [-0.05, 0) is 22.9 Å². The van der Waals surface area contributed by atoms with Gasteiger partial charge in [0.15, 0.2) is 0 Å². The van der Waals surface area contributed by atoms with E-state index < -0.39 is 4.92 Å². The van der Waals surface area contributed by atoms with Gasteiger partial charge in [0.05, 0.1) is 18.2 Å². The molecule has 124 valence electrons. The summed E-state index contributed by atoms with van der Waals surface area (Å²) in [6.45, 7) is 0. The minimum atomic E-state index is -0.421. The molecule has 0 atom stereocenters. The van der Waals surface area contributed by atoms with Gasteiger partial charge in [0.1, 0.15) is 27.1 Å². The molecule has 0 bridgehead atoms. The summed E-state index contributed by atoms with van der Waals surface area (Å²) in [5.41, 5.74) is 3.03. The first-order valence-corrected chi connectivity index (χ1v) is 7.73. The molecule has 0 unspecified atom stereocenters. The van der Waals surface area contributed by atoms with Crippen LogP contribution in [0.2, 0.25) is 0 Å². The van der Waals surface area contributed by atoms with Crippen LogP contribution in [0.5, 0.6) is 5.75 Å². The summed E-state index contributed by atoms with van der Waals surface area (Å²) in [6.07, 6.45) is 3.60. The number of nitro groups is 1. The van der Waals surface area contributed by atoms with E-state index in [1.165, 1.54) is 12.1 Å². The Kier molecular flexibility index (Phi) is 4.31. The number of hydrogen-bond acceptors (Lipinski definition) is 5. The van der Waals surface area contributed by atoms with Crippen LogP contribution in [-0.2, 0) is 5.21 Å². The van der Waals surface area contributed by atoms with Crippen LogP contribution in [-0.4, -0.2) is 42.9 Å². The number of rotatable bonds is 5. The summed E-state index contributed by atoms with van der Waals surface area (Å²) in [5, 5.41) is 17.5. The standard InChI is InChI=1S/C16H16B2N4O3/c1-25-13-5-6-14(16(17,18)11-8-19-20-9-11)21-15(13)10-3-2-4-12(7-10)22(23)24/h2-9H,17-18H2,1H3,(H,19,20). The van der Waals surface area contributed by atoms with Gasteiger partial charge in [0, 0.05) is 29.6 Å². The van der Waals surface area contributed by atoms with Crippen LogP contribution in [0, 0.1) is 10.1 Å². The highest BCUT2D eigenvalue weighted by atomic mass is 16.6. The van der Waals surface area contributed by atoms with E-state index in [9.17, 15) is 10.1 Å². The first kappa shape index (κ1) is 16.8. The maximum Gasteiger partial charge on any atom is 0.270 e. The van der Waals surface area contributed by atoms with Crippen LogP contribution in [0.1, 0.15) is 11.3 Å². The van der Waals surface area contributed by atoms with Gasteiger partial charge in [-0.25, -0.2) is 4.98 Å². The van der Waals surface area contributed by atoms with Gasteiger partial charge < -0.3 is 4.74 Å². The number of non-ortho nitro benzene ring substituents is 1. The van der Waals surface area contributed by atoms with Gasteiger partial charge >= 0.3 is 0 Å². The third kappa shape index (κ3) is 3.13. The van der Waals surface area contributed by atoms with Crippen LogP contribution < -0.4 is 4.74 Å². The Bertz CT molecular complexity index is 914. The van der Waals surface area contributed by atoms with Gasteiger partial charge in [0.25, 0.3) is 5.69 Å². The van der Waals surface area contributed by atoms with Crippen molar-refractivity contribution in [1.82, 2.24) is 15.2 Å². The zero-order valence-corrected chi connectivity index (χ0v) is 14.2. The van der Waals surface area contributed by atoms with Crippen LogP contribution in [0.4, 0.5) is 5.69 Å². The normalized spacial score (nSPS) is 11.2. The topological polar surface area (TPSA) is 93.9 Å². The van der Waals surface area contributed by atoms with Crippen molar-refractivity contribution in [3.63, 3.8) is 0 Å². The smallest absolute Gasteiger partial charge is 0.270 e. The van der Waals surface area contributed by atoms with E-state index in [1.54, 1.807) is 25.4 Å². The van der Waals surface area contributed by atoms with Crippen molar-refractivity contribution in [3.8, 4) is 17.0 Å². The van der Waals surface area contributed by atoms with Crippen molar-refractivity contribution >= 4 is 21.4 Å². The van der Waals surface area contributed by atoms with E-state index in [1.807, 2.05) is 34.0 Å². The quantitative estimate of drug-likeness (QED) is 0.424. The van der Waals surface area contributed by atoms with Gasteiger partial charge in [-0.15, -0.1) is 0 Å². The Morgan fingerprint density at radius 1 is 1.28 bits per heavy atom. The summed E-state index contributed by atoms with van der Waals surface area (Å²) >= 11 is 0. The predicted octanol–water partition coefficient (Wildman–Crippen LogP) is 0.856. The van der Waals surface area contributed by atoms with E-state index in [0.717, 1.165) is 11.3 Å². The molecule has 0 amide bonds. The molecular weight excluding hydrogens is 318 g/mol. The molecule has 0 fully saturated rings.